The molecule has 0 N–H and O–H groups in total. The van der Waals surface area contributed by atoms with Crippen LogP contribution >= 0.6 is 0 Å². The van der Waals surface area contributed by atoms with Gasteiger partial charge in [0.15, 0.2) is 0 Å². The SMILES string of the molecule is CC(C)C1CCN(c2ccc(C#N)c(F)c2)CC1. The van der Waals surface area contributed by atoms with Crippen molar-refractivity contribution in [1.29, 1.82) is 5.26 Å². The highest BCUT2D eigenvalue weighted by Crippen LogP contribution is 2.28. The largest absolute Gasteiger partial charge is 0.371 e. The van der Waals surface area contributed by atoms with Crippen molar-refractivity contribution in [2.75, 3.05) is 18.0 Å². The molecule has 1 saturated heterocycles. The Morgan fingerprint density at radius 2 is 2.00 bits per heavy atom. The first kappa shape index (κ1) is 12.9. The zero-order valence-electron chi connectivity index (χ0n) is 11.0. The lowest BCUT2D eigenvalue weighted by molar-refractivity contribution is 0.311. The van der Waals surface area contributed by atoms with Crippen molar-refractivity contribution < 1.29 is 4.39 Å². The quantitative estimate of drug-likeness (QED) is 0.797. The fraction of sp³-hybridized carbons (Fsp3) is 0.533. The molecule has 0 radical (unpaired) electrons. The standard InChI is InChI=1S/C15H19FN2/c1-11(2)12-5-7-18(8-6-12)14-4-3-13(10-17)15(16)9-14/h3-4,9,11-12H,5-8H2,1-2H3. The third kappa shape index (κ3) is 2.64. The third-order valence-electron chi connectivity index (χ3n) is 3.92. The van der Waals surface area contributed by atoms with Gasteiger partial charge in [0.05, 0.1) is 5.56 Å². The molecule has 1 aromatic carbocycles. The van der Waals surface area contributed by atoms with E-state index in [0.29, 0.717) is 0 Å². The van der Waals surface area contributed by atoms with Crippen LogP contribution in [0.25, 0.3) is 0 Å². The average molecular weight is 246 g/mol. The van der Waals surface area contributed by atoms with Gasteiger partial charge in [0.25, 0.3) is 0 Å². The van der Waals surface area contributed by atoms with Crippen LogP contribution in [0.4, 0.5) is 10.1 Å². The Kier molecular flexibility index (Phi) is 3.86. The van der Waals surface area contributed by atoms with Crippen molar-refractivity contribution in [2.45, 2.75) is 26.7 Å². The Bertz CT molecular complexity index is 454. The van der Waals surface area contributed by atoms with Gasteiger partial charge in [-0.15, -0.1) is 0 Å². The molecule has 18 heavy (non-hydrogen) atoms. The summed E-state index contributed by atoms with van der Waals surface area (Å²) in [7, 11) is 0. The van der Waals surface area contributed by atoms with Crippen molar-refractivity contribution in [3.63, 3.8) is 0 Å². The molecule has 1 aliphatic rings. The summed E-state index contributed by atoms with van der Waals surface area (Å²) in [5.74, 6) is 1.09. The van der Waals surface area contributed by atoms with Crippen LogP contribution in [0.2, 0.25) is 0 Å². The summed E-state index contributed by atoms with van der Waals surface area (Å²) in [6, 6.07) is 6.75. The lowest BCUT2D eigenvalue weighted by Gasteiger charge is -2.35. The molecule has 0 spiro atoms. The second-order valence-corrected chi connectivity index (χ2v) is 5.34. The first-order chi connectivity index (χ1) is 8.61. The van der Waals surface area contributed by atoms with E-state index in [1.165, 1.54) is 18.9 Å². The molecule has 0 unspecified atom stereocenters. The zero-order chi connectivity index (χ0) is 13.1. The van der Waals surface area contributed by atoms with Crippen molar-refractivity contribution >= 4 is 5.69 Å². The number of nitrogens with zero attached hydrogens (tertiary/aromatic N) is 2. The summed E-state index contributed by atoms with van der Waals surface area (Å²) in [5, 5.41) is 8.71. The van der Waals surface area contributed by atoms with Gasteiger partial charge in [0.1, 0.15) is 11.9 Å². The highest BCUT2D eigenvalue weighted by atomic mass is 19.1. The van der Waals surface area contributed by atoms with Crippen LogP contribution in [0.3, 0.4) is 0 Å². The molecule has 0 saturated carbocycles. The van der Waals surface area contributed by atoms with Crippen LogP contribution in [0.15, 0.2) is 18.2 Å². The minimum atomic E-state index is -0.416. The van der Waals surface area contributed by atoms with E-state index in [1.54, 1.807) is 6.07 Å². The van der Waals surface area contributed by atoms with Crippen LogP contribution in [0.1, 0.15) is 32.3 Å². The maximum Gasteiger partial charge on any atom is 0.143 e. The molecular formula is C15H19FN2. The lowest BCUT2D eigenvalue weighted by Crippen LogP contribution is -2.35. The van der Waals surface area contributed by atoms with Gasteiger partial charge >= 0.3 is 0 Å². The lowest BCUT2D eigenvalue weighted by atomic mass is 9.86. The second-order valence-electron chi connectivity index (χ2n) is 5.34. The Morgan fingerprint density at radius 1 is 1.33 bits per heavy atom. The predicted octanol–water partition coefficient (Wildman–Crippen LogP) is 3.57. The first-order valence-corrected chi connectivity index (χ1v) is 6.56. The molecule has 0 aromatic heterocycles. The molecule has 2 rings (SSSR count). The Morgan fingerprint density at radius 3 is 2.50 bits per heavy atom. The molecule has 1 fully saturated rings. The summed E-state index contributed by atoms with van der Waals surface area (Å²) < 4.78 is 13.6. The van der Waals surface area contributed by atoms with E-state index < -0.39 is 5.82 Å². The van der Waals surface area contributed by atoms with E-state index in [0.717, 1.165) is 30.6 Å². The summed E-state index contributed by atoms with van der Waals surface area (Å²) >= 11 is 0. The van der Waals surface area contributed by atoms with Crippen molar-refractivity contribution in [1.82, 2.24) is 0 Å². The van der Waals surface area contributed by atoms with Crippen molar-refractivity contribution in [2.24, 2.45) is 11.8 Å². The number of hydrogen-bond donors (Lipinski definition) is 0. The minimum absolute atomic E-state index is 0.121. The highest BCUT2D eigenvalue weighted by molar-refractivity contribution is 5.50. The fourth-order valence-corrected chi connectivity index (χ4v) is 2.62. The van der Waals surface area contributed by atoms with E-state index in [-0.39, 0.29) is 5.56 Å². The monoisotopic (exact) mass is 246 g/mol. The Hall–Kier alpha value is -1.56. The van der Waals surface area contributed by atoms with Crippen molar-refractivity contribution in [3.8, 4) is 6.07 Å². The molecule has 1 aromatic rings. The summed E-state index contributed by atoms with van der Waals surface area (Å²) in [6.07, 6.45) is 2.33. The molecule has 96 valence electrons. The molecule has 2 nitrogen and oxygen atoms in total. The number of hydrogen-bond acceptors (Lipinski definition) is 2. The molecule has 0 atom stereocenters. The van der Waals surface area contributed by atoms with Crippen LogP contribution < -0.4 is 4.90 Å². The summed E-state index contributed by atoms with van der Waals surface area (Å²) in [5.41, 5.74) is 1.02. The molecule has 1 heterocycles. The van der Waals surface area contributed by atoms with Gasteiger partial charge in [-0.2, -0.15) is 5.26 Å². The molecule has 0 amide bonds. The van der Waals surface area contributed by atoms with E-state index in [2.05, 4.69) is 18.7 Å². The Labute approximate surface area is 108 Å². The van der Waals surface area contributed by atoms with Gasteiger partial charge in [-0.3, -0.25) is 0 Å². The van der Waals surface area contributed by atoms with Crippen LogP contribution in [0, 0.1) is 29.0 Å². The highest BCUT2D eigenvalue weighted by Gasteiger charge is 2.22. The van der Waals surface area contributed by atoms with E-state index in [1.807, 2.05) is 12.1 Å². The van der Waals surface area contributed by atoms with Gasteiger partial charge < -0.3 is 4.90 Å². The molecule has 0 bridgehead atoms. The molecule has 1 aliphatic heterocycles. The Balaban J connectivity index is 2.06. The maximum absolute atomic E-state index is 13.6. The van der Waals surface area contributed by atoms with Crippen molar-refractivity contribution in [3.05, 3.63) is 29.6 Å². The van der Waals surface area contributed by atoms with Gasteiger partial charge in [-0.1, -0.05) is 13.8 Å². The molecule has 3 heteroatoms. The number of rotatable bonds is 2. The van der Waals surface area contributed by atoms with E-state index >= 15 is 0 Å². The third-order valence-corrected chi connectivity index (χ3v) is 3.92. The average Bonchev–Trinajstić information content (AvgIpc) is 2.38. The van der Waals surface area contributed by atoms with Gasteiger partial charge in [-0.05, 0) is 42.9 Å². The summed E-state index contributed by atoms with van der Waals surface area (Å²) in [6.45, 7) is 6.49. The van der Waals surface area contributed by atoms with Gasteiger partial charge in [0.2, 0.25) is 0 Å². The van der Waals surface area contributed by atoms with Gasteiger partial charge in [0, 0.05) is 18.8 Å². The van der Waals surface area contributed by atoms with Crippen LogP contribution in [-0.4, -0.2) is 13.1 Å². The predicted molar refractivity (Wildman–Crippen MR) is 70.9 cm³/mol. The minimum Gasteiger partial charge on any atom is -0.371 e. The molecule has 0 aliphatic carbocycles. The van der Waals surface area contributed by atoms with Crippen LogP contribution in [-0.2, 0) is 0 Å². The zero-order valence-corrected chi connectivity index (χ0v) is 11.0. The molecular weight excluding hydrogens is 227 g/mol. The normalized spacial score (nSPS) is 16.9. The number of halogens is 1. The number of anilines is 1. The summed E-state index contributed by atoms with van der Waals surface area (Å²) in [4.78, 5) is 2.21. The topological polar surface area (TPSA) is 27.0 Å². The number of piperidine rings is 1. The van der Waals surface area contributed by atoms with E-state index in [4.69, 9.17) is 5.26 Å². The number of nitriles is 1. The smallest absolute Gasteiger partial charge is 0.143 e. The van der Waals surface area contributed by atoms with E-state index in [9.17, 15) is 4.39 Å². The second kappa shape index (κ2) is 5.39. The maximum atomic E-state index is 13.6. The number of benzene rings is 1. The fourth-order valence-electron chi connectivity index (χ4n) is 2.62. The van der Waals surface area contributed by atoms with Crippen LogP contribution in [0.5, 0.6) is 0 Å². The first-order valence-electron chi connectivity index (χ1n) is 6.56. The van der Waals surface area contributed by atoms with Gasteiger partial charge in [-0.25, -0.2) is 4.39 Å².